The standard InChI is InChI=1S/C29H33N3O4.C24H25N3O2/c1-28(2,3)36-27(35)31-18-29(19-31)23-13-6-7-14-25(23)32(26(29)34)17-24-22(12-8-9-15-33)21-11-5-4-10-20(21)16-30-24;28-12-6-5-9-19-18-8-2-1-7-17(18)13-26-21(19)14-27-22-11-4-3-10-20(22)24(23(27)29)15-25-16-24/h4-7,10-11,13-14,16,33H,8-9,12,15,17-19H2,1-3H3;1-4,7-8,10-11,13,25,28H,5-6,9,12,14-16H2. The molecule has 6 aromatic rings. The van der Waals surface area contributed by atoms with Crippen LogP contribution in [0.4, 0.5) is 16.2 Å². The molecule has 0 atom stereocenters. The molecule has 12 nitrogen and oxygen atoms in total. The molecule has 4 aromatic carbocycles. The second-order valence-electron chi connectivity index (χ2n) is 18.8. The number of amides is 3. The van der Waals surface area contributed by atoms with Gasteiger partial charge in [-0.3, -0.25) is 19.6 Å². The van der Waals surface area contributed by atoms with Gasteiger partial charge in [-0.25, -0.2) is 4.79 Å². The molecule has 336 valence electrons. The van der Waals surface area contributed by atoms with Crippen LogP contribution < -0.4 is 15.1 Å². The van der Waals surface area contributed by atoms with E-state index in [1.165, 1.54) is 10.9 Å². The molecule has 0 radical (unpaired) electrons. The van der Waals surface area contributed by atoms with Gasteiger partial charge in [-0.1, -0.05) is 84.9 Å². The highest BCUT2D eigenvalue weighted by Crippen LogP contribution is 2.49. The van der Waals surface area contributed by atoms with E-state index >= 15 is 0 Å². The van der Waals surface area contributed by atoms with E-state index in [9.17, 15) is 24.6 Å². The normalized spacial score (nSPS) is 16.7. The SMILES string of the molecule is CC(C)(C)OC(=O)N1CC2(C1)C(=O)N(Cc1ncc3ccccc3c1CCCCO)c1ccccc12.O=C1N(Cc2ncc3ccccc3c2CCCCO)c2ccccc2C12CNC2. The second kappa shape index (κ2) is 18.0. The van der Waals surface area contributed by atoms with Crippen LogP contribution in [0.3, 0.4) is 0 Å². The molecule has 2 fully saturated rings. The number of hydrogen-bond acceptors (Lipinski definition) is 9. The molecule has 0 bridgehead atoms. The summed E-state index contributed by atoms with van der Waals surface area (Å²) >= 11 is 0. The summed E-state index contributed by atoms with van der Waals surface area (Å²) in [5.41, 5.74) is 6.36. The van der Waals surface area contributed by atoms with E-state index < -0.39 is 16.4 Å². The number of aromatic nitrogens is 2. The lowest BCUT2D eigenvalue weighted by molar-refractivity contribution is -0.129. The number of ether oxygens (including phenoxy) is 1. The Morgan fingerprint density at radius 1 is 0.646 bits per heavy atom. The van der Waals surface area contributed by atoms with Gasteiger partial charge in [0.2, 0.25) is 11.8 Å². The number of benzene rings is 4. The molecule has 3 amide bonds. The number of carbonyl (C=O) groups excluding carboxylic acids is 3. The summed E-state index contributed by atoms with van der Waals surface area (Å²) in [5, 5.41) is 26.3. The Kier molecular flexibility index (Phi) is 12.2. The van der Waals surface area contributed by atoms with Gasteiger partial charge in [-0.05, 0) is 104 Å². The largest absolute Gasteiger partial charge is 0.444 e. The van der Waals surface area contributed by atoms with E-state index in [2.05, 4.69) is 29.6 Å². The van der Waals surface area contributed by atoms with Crippen molar-refractivity contribution in [3.8, 4) is 0 Å². The number of hydrogen-bond donors (Lipinski definition) is 3. The molecule has 0 saturated carbocycles. The maximum atomic E-state index is 13.9. The summed E-state index contributed by atoms with van der Waals surface area (Å²) in [6.07, 6.45) is 8.26. The third-order valence-corrected chi connectivity index (χ3v) is 13.4. The first kappa shape index (κ1) is 44.0. The molecule has 2 spiro atoms. The number of unbranched alkanes of at least 4 members (excludes halogenated alkanes) is 2. The van der Waals surface area contributed by atoms with Crippen molar-refractivity contribution in [1.29, 1.82) is 0 Å². The molecule has 10 rings (SSSR count). The summed E-state index contributed by atoms with van der Waals surface area (Å²) < 4.78 is 5.53. The van der Waals surface area contributed by atoms with Crippen LogP contribution in [0.25, 0.3) is 21.5 Å². The number of fused-ring (bicyclic) bond motifs is 6. The second-order valence-corrected chi connectivity index (χ2v) is 18.8. The number of aryl methyl sites for hydroxylation is 2. The number of rotatable bonds is 12. The van der Waals surface area contributed by atoms with Gasteiger partial charge in [0.25, 0.3) is 0 Å². The Morgan fingerprint density at radius 3 is 1.55 bits per heavy atom. The maximum Gasteiger partial charge on any atom is 0.410 e. The van der Waals surface area contributed by atoms with Crippen molar-refractivity contribution in [3.05, 3.63) is 143 Å². The molecule has 2 aromatic heterocycles. The minimum atomic E-state index is -0.749. The van der Waals surface area contributed by atoms with Crippen molar-refractivity contribution in [2.24, 2.45) is 0 Å². The van der Waals surface area contributed by atoms with E-state index in [-0.39, 0.29) is 31.1 Å². The summed E-state index contributed by atoms with van der Waals surface area (Å²) in [4.78, 5) is 54.9. The first-order valence-corrected chi connectivity index (χ1v) is 22.9. The Morgan fingerprint density at radius 2 is 1.09 bits per heavy atom. The van der Waals surface area contributed by atoms with E-state index in [1.54, 1.807) is 4.90 Å². The zero-order valence-electron chi connectivity index (χ0n) is 37.6. The smallest absolute Gasteiger partial charge is 0.410 e. The number of nitrogens with zero attached hydrogens (tertiary/aromatic N) is 5. The number of aliphatic hydroxyl groups excluding tert-OH is 2. The van der Waals surface area contributed by atoms with Gasteiger partial charge < -0.3 is 35.0 Å². The van der Waals surface area contributed by atoms with E-state index in [4.69, 9.17) is 14.7 Å². The molecule has 2 saturated heterocycles. The Hall–Kier alpha value is -6.21. The van der Waals surface area contributed by atoms with Crippen LogP contribution in [0.1, 0.15) is 80.1 Å². The van der Waals surface area contributed by atoms with Gasteiger partial charge in [0.15, 0.2) is 0 Å². The van der Waals surface area contributed by atoms with E-state index in [0.29, 0.717) is 39.3 Å². The van der Waals surface area contributed by atoms with Gasteiger partial charge >= 0.3 is 6.09 Å². The van der Waals surface area contributed by atoms with Gasteiger partial charge in [-0.15, -0.1) is 0 Å². The first-order chi connectivity index (χ1) is 31.5. The van der Waals surface area contributed by atoms with Crippen LogP contribution in [-0.4, -0.2) is 88.0 Å². The number of nitrogens with one attached hydrogen (secondary N) is 1. The lowest BCUT2D eigenvalue weighted by Crippen LogP contribution is -2.65. The van der Waals surface area contributed by atoms with Gasteiger partial charge in [0, 0.05) is 73.9 Å². The first-order valence-electron chi connectivity index (χ1n) is 22.9. The monoisotopic (exact) mass is 874 g/mol. The Labute approximate surface area is 380 Å². The number of likely N-dealkylation sites (tertiary alicyclic amines) is 1. The van der Waals surface area contributed by atoms with Crippen LogP contribution in [0.2, 0.25) is 0 Å². The van der Waals surface area contributed by atoms with Crippen molar-refractivity contribution in [1.82, 2.24) is 20.2 Å². The number of anilines is 2. The Balaban J connectivity index is 0.000000168. The number of pyridine rings is 2. The van der Waals surface area contributed by atoms with Crippen LogP contribution in [0.15, 0.2) is 109 Å². The molecule has 3 N–H and O–H groups in total. The fourth-order valence-electron chi connectivity index (χ4n) is 10.1. The molecular formula is C53H58N6O6. The van der Waals surface area contributed by atoms with Crippen molar-refractivity contribution in [3.63, 3.8) is 0 Å². The lowest BCUT2D eigenvalue weighted by atomic mass is 9.75. The minimum absolute atomic E-state index is 0.000208. The van der Waals surface area contributed by atoms with Gasteiger partial charge in [-0.2, -0.15) is 0 Å². The van der Waals surface area contributed by atoms with Crippen molar-refractivity contribution < 1.29 is 29.3 Å². The van der Waals surface area contributed by atoms with E-state index in [0.717, 1.165) is 94.1 Å². The quantitative estimate of drug-likeness (QED) is 0.106. The highest BCUT2D eigenvalue weighted by molar-refractivity contribution is 6.10. The fraction of sp³-hybridized carbons (Fsp3) is 0.377. The number of para-hydroxylation sites is 2. The molecule has 4 aliphatic rings. The highest BCUT2D eigenvalue weighted by Gasteiger charge is 2.60. The Bertz CT molecular complexity index is 2760. The summed E-state index contributed by atoms with van der Waals surface area (Å²) in [5.74, 6) is 0.175. The summed E-state index contributed by atoms with van der Waals surface area (Å²) in [6, 6.07) is 32.5. The average molecular weight is 875 g/mol. The minimum Gasteiger partial charge on any atom is -0.444 e. The molecule has 4 aliphatic heterocycles. The van der Waals surface area contributed by atoms with Crippen LogP contribution in [0.5, 0.6) is 0 Å². The van der Waals surface area contributed by atoms with Crippen LogP contribution >= 0.6 is 0 Å². The lowest BCUT2D eigenvalue weighted by Gasteiger charge is -2.46. The number of aliphatic hydroxyl groups is 2. The zero-order chi connectivity index (χ0) is 45.3. The third kappa shape index (κ3) is 8.12. The third-order valence-electron chi connectivity index (χ3n) is 13.4. The van der Waals surface area contributed by atoms with Crippen LogP contribution in [0, 0.1) is 0 Å². The predicted molar refractivity (Wildman–Crippen MR) is 253 cm³/mol. The van der Waals surface area contributed by atoms with Crippen molar-refractivity contribution in [2.45, 2.75) is 88.8 Å². The number of carbonyl (C=O) groups is 3. The maximum absolute atomic E-state index is 13.9. The molecule has 0 unspecified atom stereocenters. The van der Waals surface area contributed by atoms with E-state index in [1.807, 2.05) is 116 Å². The van der Waals surface area contributed by atoms with Crippen LogP contribution in [-0.2, 0) is 51.1 Å². The molecule has 12 heteroatoms. The molecular weight excluding hydrogens is 817 g/mol. The fourth-order valence-corrected chi connectivity index (χ4v) is 10.1. The highest BCUT2D eigenvalue weighted by atomic mass is 16.6. The average Bonchev–Trinajstić information content (AvgIpc) is 3.68. The molecule has 6 heterocycles. The molecule has 65 heavy (non-hydrogen) atoms. The van der Waals surface area contributed by atoms with Gasteiger partial charge in [0.1, 0.15) is 16.4 Å². The summed E-state index contributed by atoms with van der Waals surface area (Å²) in [6.45, 7) is 8.74. The van der Waals surface area contributed by atoms with Crippen molar-refractivity contribution >= 4 is 50.8 Å². The summed E-state index contributed by atoms with van der Waals surface area (Å²) in [7, 11) is 0. The predicted octanol–water partition coefficient (Wildman–Crippen LogP) is 7.52. The van der Waals surface area contributed by atoms with Gasteiger partial charge in [0.05, 0.1) is 24.5 Å². The molecule has 0 aliphatic carbocycles. The topological polar surface area (TPSA) is 148 Å². The zero-order valence-corrected chi connectivity index (χ0v) is 37.6. The van der Waals surface area contributed by atoms with Crippen molar-refractivity contribution in [2.75, 3.05) is 49.2 Å².